The van der Waals surface area contributed by atoms with Crippen LogP contribution in [0, 0.1) is 11.3 Å². The first-order valence-electron chi connectivity index (χ1n) is 5.57. The second-order valence-corrected chi connectivity index (χ2v) is 4.58. The molecule has 17 heavy (non-hydrogen) atoms. The molecule has 6 heteroatoms. The zero-order valence-corrected chi connectivity index (χ0v) is 11.2. The van der Waals surface area contributed by atoms with Crippen molar-refractivity contribution in [1.29, 1.82) is 5.26 Å². The summed E-state index contributed by atoms with van der Waals surface area (Å²) in [5, 5.41) is 11.1. The van der Waals surface area contributed by atoms with Crippen LogP contribution < -0.4 is 5.32 Å². The maximum absolute atomic E-state index is 11.5. The summed E-state index contributed by atoms with van der Waals surface area (Å²) in [4.78, 5) is 24.2. The van der Waals surface area contributed by atoms with Gasteiger partial charge in [0.25, 0.3) is 0 Å². The van der Waals surface area contributed by atoms with Crippen molar-refractivity contribution in [3.63, 3.8) is 0 Å². The van der Waals surface area contributed by atoms with Gasteiger partial charge in [-0.2, -0.15) is 17.0 Å². The number of amides is 2. The molecule has 0 bridgehead atoms. The molecule has 0 radical (unpaired) electrons. The molecule has 0 unspecified atom stereocenters. The molecule has 0 heterocycles. The Kier molecular flexibility index (Phi) is 9.25. The van der Waals surface area contributed by atoms with Crippen molar-refractivity contribution in [3.8, 4) is 6.07 Å². The van der Waals surface area contributed by atoms with E-state index in [1.54, 1.807) is 11.9 Å². The molecule has 2 amide bonds. The Balaban J connectivity index is 3.57. The second-order valence-electron chi connectivity index (χ2n) is 3.48. The highest BCUT2D eigenvalue weighted by Crippen LogP contribution is 2.04. The van der Waals surface area contributed by atoms with Gasteiger partial charge in [0.2, 0.25) is 11.8 Å². The van der Waals surface area contributed by atoms with Gasteiger partial charge in [-0.15, -0.1) is 0 Å². The van der Waals surface area contributed by atoms with Crippen LogP contribution in [0.5, 0.6) is 0 Å². The van der Waals surface area contributed by atoms with E-state index in [0.29, 0.717) is 37.4 Å². The summed E-state index contributed by atoms with van der Waals surface area (Å²) in [5.74, 6) is 1.04. The Hall–Kier alpha value is -1.22. The molecule has 0 aliphatic heterocycles. The van der Waals surface area contributed by atoms with Crippen LogP contribution in [0.4, 0.5) is 0 Å². The topological polar surface area (TPSA) is 73.2 Å². The van der Waals surface area contributed by atoms with Crippen LogP contribution in [0.2, 0.25) is 0 Å². The van der Waals surface area contributed by atoms with Gasteiger partial charge in [-0.3, -0.25) is 9.59 Å². The third-order valence-electron chi connectivity index (χ3n) is 2.05. The molecular weight excluding hydrogens is 238 g/mol. The van der Waals surface area contributed by atoms with Crippen LogP contribution in [0.3, 0.4) is 0 Å². The molecule has 0 fully saturated rings. The van der Waals surface area contributed by atoms with Crippen LogP contribution in [0.25, 0.3) is 0 Å². The number of thioether (sulfide) groups is 1. The van der Waals surface area contributed by atoms with Crippen molar-refractivity contribution in [2.24, 2.45) is 0 Å². The van der Waals surface area contributed by atoms with E-state index in [2.05, 4.69) is 5.32 Å². The van der Waals surface area contributed by atoms with Crippen LogP contribution in [-0.4, -0.2) is 48.4 Å². The van der Waals surface area contributed by atoms with Crippen molar-refractivity contribution in [1.82, 2.24) is 10.2 Å². The second kappa shape index (κ2) is 9.97. The number of nitriles is 1. The van der Waals surface area contributed by atoms with E-state index in [9.17, 15) is 9.59 Å². The molecule has 0 aromatic heterocycles. The molecule has 0 aliphatic carbocycles. The van der Waals surface area contributed by atoms with Crippen molar-refractivity contribution < 1.29 is 9.59 Å². The molecule has 0 aromatic carbocycles. The highest BCUT2D eigenvalue weighted by atomic mass is 32.2. The van der Waals surface area contributed by atoms with Gasteiger partial charge in [-0.1, -0.05) is 0 Å². The summed E-state index contributed by atoms with van der Waals surface area (Å²) in [7, 11) is 1.69. The summed E-state index contributed by atoms with van der Waals surface area (Å²) in [6, 6.07) is 2.00. The predicted molar refractivity (Wildman–Crippen MR) is 68.5 cm³/mol. The molecular formula is C11H19N3O2S. The molecule has 0 spiro atoms. The first kappa shape index (κ1) is 15.8. The minimum atomic E-state index is 0.00258. The van der Waals surface area contributed by atoms with Gasteiger partial charge < -0.3 is 10.2 Å². The normalized spacial score (nSPS) is 9.47. The van der Waals surface area contributed by atoms with Gasteiger partial charge in [0.15, 0.2) is 0 Å². The lowest BCUT2D eigenvalue weighted by atomic mass is 10.3. The monoisotopic (exact) mass is 257 g/mol. The van der Waals surface area contributed by atoms with Crippen molar-refractivity contribution >= 4 is 23.6 Å². The molecule has 5 nitrogen and oxygen atoms in total. The Bertz CT molecular complexity index is 289. The van der Waals surface area contributed by atoms with Crippen molar-refractivity contribution in [2.75, 3.05) is 31.6 Å². The zero-order chi connectivity index (χ0) is 13.1. The Labute approximate surface area is 107 Å². The summed E-state index contributed by atoms with van der Waals surface area (Å²) < 4.78 is 0. The first-order valence-corrected chi connectivity index (χ1v) is 6.72. The third-order valence-corrected chi connectivity index (χ3v) is 3.01. The van der Waals surface area contributed by atoms with Gasteiger partial charge in [0.05, 0.1) is 18.2 Å². The number of rotatable bonds is 8. The van der Waals surface area contributed by atoms with Gasteiger partial charge in [0, 0.05) is 32.3 Å². The first-order chi connectivity index (χ1) is 8.11. The Morgan fingerprint density at radius 2 is 2.18 bits per heavy atom. The quantitative estimate of drug-likeness (QED) is 0.647. The van der Waals surface area contributed by atoms with E-state index in [4.69, 9.17) is 5.26 Å². The molecule has 1 N–H and O–H groups in total. The number of carbonyl (C=O) groups excluding carboxylic acids is 2. The molecule has 0 saturated heterocycles. The van der Waals surface area contributed by atoms with Gasteiger partial charge >= 0.3 is 0 Å². The smallest absolute Gasteiger partial charge is 0.229 e. The SMILES string of the molecule is CCNC(=O)CSCCC(=O)N(C)CCC#N. The highest BCUT2D eigenvalue weighted by molar-refractivity contribution is 7.99. The van der Waals surface area contributed by atoms with Gasteiger partial charge in [-0.25, -0.2) is 0 Å². The molecule has 0 aromatic rings. The predicted octanol–water partition coefficient (Wildman–Crippen LogP) is 0.618. The van der Waals surface area contributed by atoms with Crippen molar-refractivity contribution in [3.05, 3.63) is 0 Å². The van der Waals surface area contributed by atoms with E-state index in [1.165, 1.54) is 11.8 Å². The largest absolute Gasteiger partial charge is 0.356 e. The molecule has 0 saturated carbocycles. The minimum Gasteiger partial charge on any atom is -0.356 e. The summed E-state index contributed by atoms with van der Waals surface area (Å²) >= 11 is 1.45. The van der Waals surface area contributed by atoms with Crippen LogP contribution in [0.15, 0.2) is 0 Å². The van der Waals surface area contributed by atoms with E-state index in [-0.39, 0.29) is 11.8 Å². The van der Waals surface area contributed by atoms with Crippen molar-refractivity contribution in [2.45, 2.75) is 19.8 Å². The zero-order valence-electron chi connectivity index (χ0n) is 10.4. The summed E-state index contributed by atoms with van der Waals surface area (Å²) in [6.45, 7) is 2.97. The van der Waals surface area contributed by atoms with Crippen LogP contribution >= 0.6 is 11.8 Å². The summed E-state index contributed by atoms with van der Waals surface area (Å²) in [6.07, 6.45) is 0.764. The fraction of sp³-hybridized carbons (Fsp3) is 0.727. The molecule has 0 aliphatic rings. The average molecular weight is 257 g/mol. The Morgan fingerprint density at radius 3 is 2.76 bits per heavy atom. The maximum atomic E-state index is 11.5. The standard InChI is InChI=1S/C11H19N3O2S/c1-3-13-10(15)9-17-8-5-11(16)14(2)7-4-6-12/h3-5,7-9H2,1-2H3,(H,13,15). The number of nitrogens with one attached hydrogen (secondary N) is 1. The van der Waals surface area contributed by atoms with Gasteiger partial charge in [-0.05, 0) is 6.92 Å². The maximum Gasteiger partial charge on any atom is 0.229 e. The highest BCUT2D eigenvalue weighted by Gasteiger charge is 2.08. The van der Waals surface area contributed by atoms with Crippen LogP contribution in [-0.2, 0) is 9.59 Å². The van der Waals surface area contributed by atoms with E-state index >= 15 is 0 Å². The third kappa shape index (κ3) is 8.57. The summed E-state index contributed by atoms with van der Waals surface area (Å²) in [5.41, 5.74) is 0. The fourth-order valence-electron chi connectivity index (χ4n) is 1.11. The number of carbonyl (C=O) groups is 2. The molecule has 96 valence electrons. The van der Waals surface area contributed by atoms with E-state index in [0.717, 1.165) is 0 Å². The van der Waals surface area contributed by atoms with E-state index in [1.807, 2.05) is 13.0 Å². The fourth-order valence-corrected chi connectivity index (χ4v) is 1.86. The number of nitrogens with zero attached hydrogens (tertiary/aromatic N) is 2. The lowest BCUT2D eigenvalue weighted by Gasteiger charge is -2.14. The molecule has 0 rings (SSSR count). The lowest BCUT2D eigenvalue weighted by molar-refractivity contribution is -0.129. The number of hydrogen-bond donors (Lipinski definition) is 1. The minimum absolute atomic E-state index is 0.00258. The van der Waals surface area contributed by atoms with Crippen LogP contribution in [0.1, 0.15) is 19.8 Å². The molecule has 0 atom stereocenters. The van der Waals surface area contributed by atoms with Gasteiger partial charge in [0.1, 0.15) is 0 Å². The number of hydrogen-bond acceptors (Lipinski definition) is 4. The van der Waals surface area contributed by atoms with E-state index < -0.39 is 0 Å². The average Bonchev–Trinajstić information content (AvgIpc) is 2.31. The lowest BCUT2D eigenvalue weighted by Crippen LogP contribution is -2.28. The Morgan fingerprint density at radius 1 is 1.47 bits per heavy atom.